The van der Waals surface area contributed by atoms with Gasteiger partial charge < -0.3 is 9.47 Å². The smallest absolute Gasteiger partial charge is 0.217 e. The molecule has 0 saturated heterocycles. The van der Waals surface area contributed by atoms with E-state index in [0.717, 1.165) is 35.8 Å². The molecule has 0 N–H and O–H groups in total. The minimum absolute atomic E-state index is 0.258. The van der Waals surface area contributed by atoms with Crippen LogP contribution in [-0.2, 0) is 9.47 Å². The summed E-state index contributed by atoms with van der Waals surface area (Å²) in [7, 11) is 0. The number of benzene rings is 1. The second kappa shape index (κ2) is 7.37. The zero-order chi connectivity index (χ0) is 17.1. The van der Waals surface area contributed by atoms with E-state index in [4.69, 9.17) is 19.5 Å². The Morgan fingerprint density at radius 1 is 0.833 bits per heavy atom. The second-order valence-electron chi connectivity index (χ2n) is 7.60. The number of rotatable bonds is 6. The van der Waals surface area contributed by atoms with Crippen LogP contribution in [0.25, 0.3) is 0 Å². The molecule has 2 heterocycles. The van der Waals surface area contributed by atoms with Crippen LogP contribution >= 0.6 is 0 Å². The van der Waals surface area contributed by atoms with Gasteiger partial charge in [0.25, 0.3) is 0 Å². The molecule has 3 rings (SSSR count). The summed E-state index contributed by atoms with van der Waals surface area (Å²) in [5.74, 6) is 2.71. The molecule has 4 heteroatoms. The van der Waals surface area contributed by atoms with Gasteiger partial charge in [-0.1, -0.05) is 39.8 Å². The van der Waals surface area contributed by atoms with Crippen LogP contribution in [0.3, 0.4) is 0 Å². The molecule has 0 bridgehead atoms. The third-order valence-electron chi connectivity index (χ3n) is 4.30. The van der Waals surface area contributed by atoms with Crippen molar-refractivity contribution in [1.82, 2.24) is 0 Å². The average molecular weight is 328 g/mol. The summed E-state index contributed by atoms with van der Waals surface area (Å²) in [4.78, 5) is 9.56. The molecule has 0 aliphatic carbocycles. The highest BCUT2D eigenvalue weighted by Gasteiger charge is 2.27. The van der Waals surface area contributed by atoms with Gasteiger partial charge in [-0.15, -0.1) is 0 Å². The van der Waals surface area contributed by atoms with Crippen LogP contribution in [0.5, 0.6) is 0 Å². The van der Waals surface area contributed by atoms with Gasteiger partial charge in [-0.05, 0) is 36.8 Å². The molecule has 2 unspecified atom stereocenters. The van der Waals surface area contributed by atoms with Crippen molar-refractivity contribution in [3.05, 3.63) is 35.4 Å². The largest absolute Gasteiger partial charge is 0.475 e. The summed E-state index contributed by atoms with van der Waals surface area (Å²) in [6.07, 6.45) is 2.11. The van der Waals surface area contributed by atoms with E-state index < -0.39 is 0 Å². The number of hydrogen-bond donors (Lipinski definition) is 0. The molecule has 0 radical (unpaired) electrons. The van der Waals surface area contributed by atoms with Gasteiger partial charge in [0.2, 0.25) is 11.8 Å². The van der Waals surface area contributed by atoms with Crippen LogP contribution < -0.4 is 0 Å². The van der Waals surface area contributed by atoms with E-state index in [1.807, 2.05) is 24.3 Å². The SMILES string of the molecule is CC(C)CC1COC(c2ccccc2C2=NC(CC(C)C)CO2)=N1. The quantitative estimate of drug-likeness (QED) is 0.790. The molecule has 2 atom stereocenters. The Hall–Kier alpha value is -1.84. The van der Waals surface area contributed by atoms with Gasteiger partial charge in [0, 0.05) is 11.1 Å². The van der Waals surface area contributed by atoms with E-state index in [2.05, 4.69) is 27.7 Å². The van der Waals surface area contributed by atoms with Gasteiger partial charge in [0.15, 0.2) is 0 Å². The van der Waals surface area contributed by atoms with Gasteiger partial charge in [0.05, 0.1) is 12.1 Å². The fourth-order valence-electron chi connectivity index (χ4n) is 3.31. The predicted molar refractivity (Wildman–Crippen MR) is 97.9 cm³/mol. The molecule has 2 aliphatic heterocycles. The van der Waals surface area contributed by atoms with Crippen molar-refractivity contribution in [2.75, 3.05) is 13.2 Å². The maximum Gasteiger partial charge on any atom is 0.217 e. The molecule has 4 nitrogen and oxygen atoms in total. The van der Waals surface area contributed by atoms with Crippen molar-refractivity contribution in [2.45, 2.75) is 52.6 Å². The Morgan fingerprint density at radius 3 is 1.62 bits per heavy atom. The lowest BCUT2D eigenvalue weighted by atomic mass is 10.0. The summed E-state index contributed by atoms with van der Waals surface area (Å²) in [6, 6.07) is 8.64. The maximum absolute atomic E-state index is 5.88. The highest BCUT2D eigenvalue weighted by atomic mass is 16.5. The highest BCUT2D eigenvalue weighted by Crippen LogP contribution is 2.23. The van der Waals surface area contributed by atoms with Gasteiger partial charge >= 0.3 is 0 Å². The van der Waals surface area contributed by atoms with Crippen LogP contribution in [0.2, 0.25) is 0 Å². The molecule has 0 aromatic heterocycles. The van der Waals surface area contributed by atoms with E-state index >= 15 is 0 Å². The molecule has 1 aromatic carbocycles. The third kappa shape index (κ3) is 3.97. The fourth-order valence-corrected chi connectivity index (χ4v) is 3.31. The summed E-state index contributed by atoms with van der Waals surface area (Å²) in [5, 5.41) is 0. The van der Waals surface area contributed by atoms with Gasteiger partial charge in [0.1, 0.15) is 13.2 Å². The van der Waals surface area contributed by atoms with E-state index in [1.54, 1.807) is 0 Å². The Bertz CT molecular complexity index is 579. The first-order valence-electron chi connectivity index (χ1n) is 9.04. The Labute approximate surface area is 145 Å². The van der Waals surface area contributed by atoms with Gasteiger partial charge in [-0.25, -0.2) is 9.98 Å². The second-order valence-corrected chi connectivity index (χ2v) is 7.60. The van der Waals surface area contributed by atoms with E-state index in [1.165, 1.54) is 0 Å². The molecular weight excluding hydrogens is 300 g/mol. The van der Waals surface area contributed by atoms with Crippen molar-refractivity contribution in [3.63, 3.8) is 0 Å². The van der Waals surface area contributed by atoms with Crippen molar-refractivity contribution in [2.24, 2.45) is 21.8 Å². The third-order valence-corrected chi connectivity index (χ3v) is 4.30. The summed E-state index contributed by atoms with van der Waals surface area (Å²) in [6.45, 7) is 10.2. The van der Waals surface area contributed by atoms with Crippen molar-refractivity contribution in [3.8, 4) is 0 Å². The summed E-state index contributed by atoms with van der Waals surface area (Å²) in [5.41, 5.74) is 1.99. The molecule has 1 aromatic rings. The lowest BCUT2D eigenvalue weighted by Gasteiger charge is -2.08. The van der Waals surface area contributed by atoms with Crippen molar-refractivity contribution >= 4 is 11.8 Å². The highest BCUT2D eigenvalue weighted by molar-refractivity contribution is 6.08. The Balaban J connectivity index is 1.82. The van der Waals surface area contributed by atoms with Crippen LogP contribution in [0.4, 0.5) is 0 Å². The van der Waals surface area contributed by atoms with E-state index in [9.17, 15) is 0 Å². The maximum atomic E-state index is 5.88. The molecule has 0 spiro atoms. The van der Waals surface area contributed by atoms with Crippen molar-refractivity contribution in [1.29, 1.82) is 0 Å². The van der Waals surface area contributed by atoms with Crippen molar-refractivity contribution < 1.29 is 9.47 Å². The molecule has 0 amide bonds. The minimum atomic E-state index is 0.258. The number of ether oxygens (including phenoxy) is 2. The molecule has 0 saturated carbocycles. The predicted octanol–water partition coefficient (Wildman–Crippen LogP) is 4.07. The lowest BCUT2D eigenvalue weighted by molar-refractivity contribution is 0.299. The standard InChI is InChI=1S/C20H28N2O2/c1-13(2)9-15-11-23-19(21-15)17-7-5-6-8-18(17)20-22-16(12-24-20)10-14(3)4/h5-8,13-16H,9-12H2,1-4H3. The zero-order valence-corrected chi connectivity index (χ0v) is 15.2. The van der Waals surface area contributed by atoms with Crippen LogP contribution in [0.1, 0.15) is 51.7 Å². The minimum Gasteiger partial charge on any atom is -0.475 e. The Kier molecular flexibility index (Phi) is 5.22. The number of hydrogen-bond acceptors (Lipinski definition) is 4. The number of aliphatic imine (C=N–C) groups is 2. The monoisotopic (exact) mass is 328 g/mol. The Morgan fingerprint density at radius 2 is 1.25 bits per heavy atom. The van der Waals surface area contributed by atoms with Crippen LogP contribution in [0.15, 0.2) is 34.3 Å². The molecule has 130 valence electrons. The van der Waals surface area contributed by atoms with Crippen LogP contribution in [0, 0.1) is 11.8 Å². The first-order valence-corrected chi connectivity index (χ1v) is 9.04. The molecular formula is C20H28N2O2. The molecule has 2 aliphatic rings. The van der Waals surface area contributed by atoms with Gasteiger partial charge in [-0.2, -0.15) is 0 Å². The first kappa shape index (κ1) is 17.0. The van der Waals surface area contributed by atoms with Crippen LogP contribution in [-0.4, -0.2) is 37.1 Å². The van der Waals surface area contributed by atoms with E-state index in [-0.39, 0.29) is 12.1 Å². The summed E-state index contributed by atoms with van der Waals surface area (Å²) >= 11 is 0. The fraction of sp³-hybridized carbons (Fsp3) is 0.600. The normalized spacial score (nSPS) is 23.2. The topological polar surface area (TPSA) is 43.2 Å². The summed E-state index contributed by atoms with van der Waals surface area (Å²) < 4.78 is 11.8. The molecule has 24 heavy (non-hydrogen) atoms. The zero-order valence-electron chi connectivity index (χ0n) is 15.2. The number of nitrogens with zero attached hydrogens (tertiary/aromatic N) is 2. The average Bonchev–Trinajstić information content (AvgIpc) is 3.15. The van der Waals surface area contributed by atoms with E-state index in [0.29, 0.717) is 25.0 Å². The lowest BCUT2D eigenvalue weighted by Crippen LogP contribution is -2.11. The molecule has 0 fully saturated rings. The first-order chi connectivity index (χ1) is 11.5. The van der Waals surface area contributed by atoms with Gasteiger partial charge in [-0.3, -0.25) is 0 Å².